The van der Waals surface area contributed by atoms with Crippen LogP contribution in [0.5, 0.6) is 0 Å². The van der Waals surface area contributed by atoms with Crippen LogP contribution in [0.15, 0.2) is 36.7 Å². The summed E-state index contributed by atoms with van der Waals surface area (Å²) < 4.78 is 0. The molecule has 0 amide bonds. The first-order chi connectivity index (χ1) is 8.40. The van der Waals surface area contributed by atoms with E-state index in [1.165, 1.54) is 29.2 Å². The molecule has 0 aliphatic heterocycles. The predicted molar refractivity (Wildman–Crippen MR) is 71.1 cm³/mol. The summed E-state index contributed by atoms with van der Waals surface area (Å²) in [5.41, 5.74) is 1.49. The summed E-state index contributed by atoms with van der Waals surface area (Å²) in [6.45, 7) is 1.13. The average molecular weight is 226 g/mol. The quantitative estimate of drug-likeness (QED) is 0.870. The topological polar surface area (TPSA) is 24.9 Å². The highest BCUT2D eigenvalue weighted by Crippen LogP contribution is 2.44. The van der Waals surface area contributed by atoms with Crippen LogP contribution in [0.3, 0.4) is 0 Å². The van der Waals surface area contributed by atoms with Crippen LogP contribution < -0.4 is 5.32 Å². The number of nitrogens with one attached hydrogen (secondary N) is 1. The van der Waals surface area contributed by atoms with Gasteiger partial charge in [0.2, 0.25) is 0 Å². The molecule has 2 heteroatoms. The van der Waals surface area contributed by atoms with Gasteiger partial charge in [0.1, 0.15) is 0 Å². The third-order valence-electron chi connectivity index (χ3n) is 4.00. The van der Waals surface area contributed by atoms with E-state index in [0.29, 0.717) is 0 Å². The lowest BCUT2D eigenvalue weighted by Gasteiger charge is -2.37. The minimum absolute atomic E-state index is 0.718. The van der Waals surface area contributed by atoms with Gasteiger partial charge >= 0.3 is 0 Å². The summed E-state index contributed by atoms with van der Waals surface area (Å²) in [5.74, 6) is 1.51. The fraction of sp³-hybridized carbons (Fsp3) is 0.400. The van der Waals surface area contributed by atoms with Crippen LogP contribution in [0.2, 0.25) is 0 Å². The molecule has 1 aromatic carbocycles. The summed E-state index contributed by atoms with van der Waals surface area (Å²) in [7, 11) is 2.04. The second kappa shape index (κ2) is 4.46. The number of aromatic nitrogens is 1. The Labute approximate surface area is 102 Å². The van der Waals surface area contributed by atoms with Crippen molar-refractivity contribution in [3.63, 3.8) is 0 Å². The molecule has 3 rings (SSSR count). The molecule has 2 aromatic rings. The molecule has 0 saturated heterocycles. The van der Waals surface area contributed by atoms with Crippen molar-refractivity contribution in [1.29, 1.82) is 0 Å². The normalized spacial score (nSPS) is 23.6. The Morgan fingerprint density at radius 3 is 3.00 bits per heavy atom. The summed E-state index contributed by atoms with van der Waals surface area (Å²) >= 11 is 0. The fourth-order valence-corrected chi connectivity index (χ4v) is 2.95. The number of nitrogens with zero attached hydrogens (tertiary/aromatic N) is 1. The van der Waals surface area contributed by atoms with E-state index in [2.05, 4.69) is 34.6 Å². The minimum atomic E-state index is 0.718. The smallest absolute Gasteiger partial charge is 0.0349 e. The first kappa shape index (κ1) is 10.7. The number of hydrogen-bond donors (Lipinski definition) is 1. The van der Waals surface area contributed by atoms with Crippen LogP contribution in [0, 0.1) is 5.92 Å². The third-order valence-corrected chi connectivity index (χ3v) is 4.00. The fourth-order valence-electron chi connectivity index (χ4n) is 2.95. The number of hydrogen-bond acceptors (Lipinski definition) is 2. The van der Waals surface area contributed by atoms with Crippen LogP contribution in [0.4, 0.5) is 0 Å². The Balaban J connectivity index is 2.00. The Hall–Kier alpha value is -1.41. The molecule has 2 atom stereocenters. The van der Waals surface area contributed by atoms with Crippen molar-refractivity contribution in [2.45, 2.75) is 18.8 Å². The second-order valence-corrected chi connectivity index (χ2v) is 4.95. The molecule has 0 spiro atoms. The molecular weight excluding hydrogens is 208 g/mol. The molecule has 1 heterocycles. The van der Waals surface area contributed by atoms with E-state index in [4.69, 9.17) is 0 Å². The number of rotatable bonds is 3. The van der Waals surface area contributed by atoms with E-state index in [0.717, 1.165) is 18.4 Å². The van der Waals surface area contributed by atoms with E-state index in [1.54, 1.807) is 0 Å². The van der Waals surface area contributed by atoms with Gasteiger partial charge in [-0.1, -0.05) is 18.2 Å². The SMILES string of the molecule is CNCC1CCC1c1cccc2ccncc12. The molecule has 17 heavy (non-hydrogen) atoms. The second-order valence-electron chi connectivity index (χ2n) is 4.95. The van der Waals surface area contributed by atoms with Gasteiger partial charge in [-0.05, 0) is 55.3 Å². The van der Waals surface area contributed by atoms with E-state index in [1.807, 2.05) is 19.4 Å². The van der Waals surface area contributed by atoms with Crippen LogP contribution in [0.25, 0.3) is 10.8 Å². The number of pyridine rings is 1. The molecule has 0 radical (unpaired) electrons. The van der Waals surface area contributed by atoms with Gasteiger partial charge in [0.15, 0.2) is 0 Å². The average Bonchev–Trinajstić information content (AvgIpc) is 2.35. The Kier molecular flexibility index (Phi) is 2.81. The van der Waals surface area contributed by atoms with Crippen molar-refractivity contribution >= 4 is 10.8 Å². The molecule has 1 aromatic heterocycles. The van der Waals surface area contributed by atoms with Crippen LogP contribution >= 0.6 is 0 Å². The van der Waals surface area contributed by atoms with Crippen molar-refractivity contribution in [2.24, 2.45) is 5.92 Å². The van der Waals surface area contributed by atoms with Gasteiger partial charge in [0.25, 0.3) is 0 Å². The standard InChI is InChI=1S/C15H18N2/c1-16-9-12-5-6-13(12)14-4-2-3-11-7-8-17-10-15(11)14/h2-4,7-8,10,12-13,16H,5-6,9H2,1H3. The van der Waals surface area contributed by atoms with Gasteiger partial charge < -0.3 is 5.32 Å². The van der Waals surface area contributed by atoms with E-state index in [9.17, 15) is 0 Å². The molecule has 2 unspecified atom stereocenters. The third kappa shape index (κ3) is 1.83. The lowest BCUT2D eigenvalue weighted by atomic mass is 9.69. The summed E-state index contributed by atoms with van der Waals surface area (Å²) in [4.78, 5) is 4.27. The molecule has 1 N–H and O–H groups in total. The lowest BCUT2D eigenvalue weighted by Crippen LogP contribution is -2.32. The zero-order valence-electron chi connectivity index (χ0n) is 10.2. The largest absolute Gasteiger partial charge is 0.319 e. The zero-order chi connectivity index (χ0) is 11.7. The Bertz CT molecular complexity index is 516. The predicted octanol–water partition coefficient (Wildman–Crippen LogP) is 2.95. The van der Waals surface area contributed by atoms with Crippen molar-refractivity contribution < 1.29 is 0 Å². The molecule has 1 aliphatic rings. The molecule has 0 bridgehead atoms. The minimum Gasteiger partial charge on any atom is -0.319 e. The van der Waals surface area contributed by atoms with Crippen LogP contribution in [-0.4, -0.2) is 18.6 Å². The van der Waals surface area contributed by atoms with Crippen molar-refractivity contribution in [2.75, 3.05) is 13.6 Å². The summed E-state index contributed by atoms with van der Waals surface area (Å²) in [6, 6.07) is 8.72. The van der Waals surface area contributed by atoms with Crippen LogP contribution in [-0.2, 0) is 0 Å². The van der Waals surface area contributed by atoms with E-state index < -0.39 is 0 Å². The number of fused-ring (bicyclic) bond motifs is 1. The highest BCUT2D eigenvalue weighted by Gasteiger charge is 2.32. The summed E-state index contributed by atoms with van der Waals surface area (Å²) in [6.07, 6.45) is 6.56. The Morgan fingerprint density at radius 1 is 1.29 bits per heavy atom. The van der Waals surface area contributed by atoms with Gasteiger partial charge in [-0.3, -0.25) is 4.98 Å². The molecule has 88 valence electrons. The van der Waals surface area contributed by atoms with Gasteiger partial charge in [0.05, 0.1) is 0 Å². The van der Waals surface area contributed by atoms with Gasteiger partial charge in [0, 0.05) is 17.8 Å². The molecular formula is C15H18N2. The molecule has 1 aliphatic carbocycles. The molecule has 1 saturated carbocycles. The van der Waals surface area contributed by atoms with Crippen LogP contribution in [0.1, 0.15) is 24.3 Å². The monoisotopic (exact) mass is 226 g/mol. The maximum Gasteiger partial charge on any atom is 0.0349 e. The first-order valence-electron chi connectivity index (χ1n) is 6.37. The van der Waals surface area contributed by atoms with Crippen molar-refractivity contribution in [3.05, 3.63) is 42.2 Å². The van der Waals surface area contributed by atoms with Gasteiger partial charge in [-0.2, -0.15) is 0 Å². The maximum atomic E-state index is 4.27. The van der Waals surface area contributed by atoms with Gasteiger partial charge in [-0.25, -0.2) is 0 Å². The zero-order valence-corrected chi connectivity index (χ0v) is 10.2. The highest BCUT2D eigenvalue weighted by atomic mass is 14.8. The Morgan fingerprint density at radius 2 is 2.24 bits per heavy atom. The maximum absolute atomic E-state index is 4.27. The first-order valence-corrected chi connectivity index (χ1v) is 6.37. The van der Waals surface area contributed by atoms with Crippen molar-refractivity contribution in [1.82, 2.24) is 10.3 Å². The van der Waals surface area contributed by atoms with Crippen molar-refractivity contribution in [3.8, 4) is 0 Å². The van der Waals surface area contributed by atoms with E-state index in [-0.39, 0.29) is 0 Å². The van der Waals surface area contributed by atoms with Gasteiger partial charge in [-0.15, -0.1) is 0 Å². The molecule has 1 fully saturated rings. The summed E-state index contributed by atoms with van der Waals surface area (Å²) in [5, 5.41) is 5.95. The lowest BCUT2D eigenvalue weighted by molar-refractivity contribution is 0.252. The molecule has 2 nitrogen and oxygen atoms in total. The highest BCUT2D eigenvalue weighted by molar-refractivity contribution is 5.85. The number of benzene rings is 1. The van der Waals surface area contributed by atoms with E-state index >= 15 is 0 Å².